The van der Waals surface area contributed by atoms with Gasteiger partial charge in [-0.25, -0.2) is 4.79 Å². The van der Waals surface area contributed by atoms with E-state index < -0.39 is 0 Å². The summed E-state index contributed by atoms with van der Waals surface area (Å²) in [6.45, 7) is 6.26. The fourth-order valence-corrected chi connectivity index (χ4v) is 2.14. The number of carbonyl (C=O) groups excluding carboxylic acids is 1. The zero-order valence-corrected chi connectivity index (χ0v) is 13.5. The number of rotatable bonds is 4. The first-order valence-electron chi connectivity index (χ1n) is 6.29. The van der Waals surface area contributed by atoms with E-state index in [9.17, 15) is 4.79 Å². The van der Waals surface area contributed by atoms with Crippen molar-refractivity contribution in [2.75, 3.05) is 40.0 Å². The molecular formula is C13H20INO4. The number of nitrogens with zero attached hydrogens (tertiary/aromatic N) is 1. The lowest BCUT2D eigenvalue weighted by Crippen LogP contribution is -3.00. The van der Waals surface area contributed by atoms with E-state index in [0.29, 0.717) is 24.5 Å². The van der Waals surface area contributed by atoms with Crippen LogP contribution in [0.3, 0.4) is 0 Å². The first-order chi connectivity index (χ1) is 8.64. The fourth-order valence-electron chi connectivity index (χ4n) is 2.14. The Morgan fingerprint density at radius 2 is 2.11 bits per heavy atom. The van der Waals surface area contributed by atoms with Crippen molar-refractivity contribution in [3.05, 3.63) is 23.7 Å². The number of hydrogen-bond donors (Lipinski definition) is 0. The fraction of sp³-hybridized carbons (Fsp3) is 0.615. The highest BCUT2D eigenvalue weighted by Gasteiger charge is 2.29. The molecule has 19 heavy (non-hydrogen) atoms. The van der Waals surface area contributed by atoms with E-state index in [2.05, 4.69) is 7.05 Å². The molecule has 1 aliphatic rings. The molecule has 0 atom stereocenters. The summed E-state index contributed by atoms with van der Waals surface area (Å²) >= 11 is 0. The molecule has 2 rings (SSSR count). The Labute approximate surface area is 130 Å². The van der Waals surface area contributed by atoms with Crippen molar-refractivity contribution in [3.8, 4) is 0 Å². The molecule has 1 aliphatic heterocycles. The number of hydrogen-bond acceptors (Lipinski definition) is 4. The third-order valence-corrected chi connectivity index (χ3v) is 3.32. The maximum atomic E-state index is 11.8. The quantitative estimate of drug-likeness (QED) is 0.360. The maximum absolute atomic E-state index is 11.8. The molecule has 0 aromatic carbocycles. The number of likely N-dealkylation sites (N-methyl/N-ethyl adjacent to an activating group) is 1. The lowest BCUT2D eigenvalue weighted by molar-refractivity contribution is -0.930. The highest BCUT2D eigenvalue weighted by atomic mass is 127. The Hall–Kier alpha value is -0.600. The van der Waals surface area contributed by atoms with Gasteiger partial charge in [0.25, 0.3) is 0 Å². The molecule has 0 spiro atoms. The van der Waals surface area contributed by atoms with Gasteiger partial charge in [0, 0.05) is 0 Å². The van der Waals surface area contributed by atoms with Gasteiger partial charge in [-0.2, -0.15) is 0 Å². The number of halogens is 1. The second-order valence-corrected chi connectivity index (χ2v) is 4.82. The van der Waals surface area contributed by atoms with Crippen molar-refractivity contribution in [1.29, 1.82) is 0 Å². The van der Waals surface area contributed by atoms with Crippen LogP contribution in [0.25, 0.3) is 0 Å². The maximum Gasteiger partial charge on any atom is 0.341 e. The predicted molar refractivity (Wildman–Crippen MR) is 65.1 cm³/mol. The van der Waals surface area contributed by atoms with Crippen molar-refractivity contribution in [2.45, 2.75) is 13.5 Å². The highest BCUT2D eigenvalue weighted by molar-refractivity contribution is 5.90. The first kappa shape index (κ1) is 16.5. The number of quaternary nitrogens is 1. The van der Waals surface area contributed by atoms with Crippen LogP contribution in [0.1, 0.15) is 23.0 Å². The topological polar surface area (TPSA) is 48.7 Å². The molecular weight excluding hydrogens is 361 g/mol. The van der Waals surface area contributed by atoms with Gasteiger partial charge in [0.2, 0.25) is 0 Å². The Balaban J connectivity index is 0.00000180. The van der Waals surface area contributed by atoms with E-state index in [1.807, 2.05) is 0 Å². The number of morpholine rings is 1. The molecule has 0 bridgehead atoms. The zero-order valence-electron chi connectivity index (χ0n) is 11.4. The number of esters is 1. The van der Waals surface area contributed by atoms with Crippen molar-refractivity contribution in [1.82, 2.24) is 0 Å². The largest absolute Gasteiger partial charge is 1.00 e. The van der Waals surface area contributed by atoms with E-state index in [4.69, 9.17) is 13.9 Å². The molecule has 1 aromatic rings. The predicted octanol–water partition coefficient (Wildman–Crippen LogP) is -1.56. The molecule has 2 heterocycles. The van der Waals surface area contributed by atoms with Gasteiger partial charge in [-0.1, -0.05) is 0 Å². The van der Waals surface area contributed by atoms with Crippen LogP contribution in [-0.4, -0.2) is 50.4 Å². The Bertz CT molecular complexity index is 413. The summed E-state index contributed by atoms with van der Waals surface area (Å²) in [5.41, 5.74) is 0.544. The van der Waals surface area contributed by atoms with Gasteiger partial charge in [-0.3, -0.25) is 0 Å². The first-order valence-corrected chi connectivity index (χ1v) is 6.29. The Kier molecular flexibility index (Phi) is 6.28. The van der Waals surface area contributed by atoms with E-state index >= 15 is 0 Å². The summed E-state index contributed by atoms with van der Waals surface area (Å²) in [6.07, 6.45) is 1.55. The van der Waals surface area contributed by atoms with Gasteiger partial charge in [0.05, 0.1) is 33.1 Å². The highest BCUT2D eigenvalue weighted by Crippen LogP contribution is 2.19. The van der Waals surface area contributed by atoms with Crippen molar-refractivity contribution >= 4 is 5.97 Å². The lowest BCUT2D eigenvalue weighted by Gasteiger charge is -2.36. The van der Waals surface area contributed by atoms with Crippen molar-refractivity contribution in [2.24, 2.45) is 0 Å². The smallest absolute Gasteiger partial charge is 0.341 e. The summed E-state index contributed by atoms with van der Waals surface area (Å²) < 4.78 is 16.7. The minimum absolute atomic E-state index is 0. The molecule has 6 heteroatoms. The molecule has 1 aromatic heterocycles. The van der Waals surface area contributed by atoms with Gasteiger partial charge < -0.3 is 42.4 Å². The molecule has 0 aliphatic carbocycles. The van der Waals surface area contributed by atoms with E-state index in [1.54, 1.807) is 19.3 Å². The summed E-state index contributed by atoms with van der Waals surface area (Å²) in [6, 6.07) is 1.68. The monoisotopic (exact) mass is 381 g/mol. The summed E-state index contributed by atoms with van der Waals surface area (Å²) in [5.74, 6) is 0.402. The third kappa shape index (κ3) is 4.19. The minimum Gasteiger partial charge on any atom is -1.00 e. The summed E-state index contributed by atoms with van der Waals surface area (Å²) in [4.78, 5) is 11.8. The van der Waals surface area contributed by atoms with E-state index in [-0.39, 0.29) is 29.9 Å². The van der Waals surface area contributed by atoms with Gasteiger partial charge in [0.1, 0.15) is 25.2 Å². The second kappa shape index (κ2) is 7.25. The second-order valence-electron chi connectivity index (χ2n) is 4.82. The molecule has 0 N–H and O–H groups in total. The normalized spacial score (nSPS) is 17.6. The van der Waals surface area contributed by atoms with Gasteiger partial charge in [-0.15, -0.1) is 0 Å². The average Bonchev–Trinajstić information content (AvgIpc) is 2.77. The third-order valence-electron chi connectivity index (χ3n) is 3.32. The molecule has 0 radical (unpaired) electrons. The summed E-state index contributed by atoms with van der Waals surface area (Å²) in [7, 11) is 2.15. The Morgan fingerprint density at radius 3 is 2.74 bits per heavy atom. The standard InChI is InChI=1S/C13H20NO4.HI/c1-3-17-13(15)11-4-7-18-12(11)10-14(2)5-8-16-9-6-14;/h4,7H,3,5-6,8-10H2,1-2H3;1H/q+1;/p-1. The van der Waals surface area contributed by atoms with Crippen LogP contribution in [0.15, 0.2) is 16.7 Å². The molecule has 108 valence electrons. The molecule has 5 nitrogen and oxygen atoms in total. The number of furan rings is 1. The van der Waals surface area contributed by atoms with Gasteiger partial charge >= 0.3 is 5.97 Å². The minimum atomic E-state index is -0.305. The number of carbonyl (C=O) groups is 1. The van der Waals surface area contributed by atoms with Crippen LogP contribution in [0.2, 0.25) is 0 Å². The van der Waals surface area contributed by atoms with Crippen LogP contribution >= 0.6 is 0 Å². The van der Waals surface area contributed by atoms with Gasteiger partial charge in [-0.05, 0) is 13.0 Å². The molecule has 0 unspecified atom stereocenters. The molecule has 1 fully saturated rings. The SMILES string of the molecule is CCOC(=O)c1ccoc1C[N+]1(C)CCOCC1.[I-]. The van der Waals surface area contributed by atoms with Crippen molar-refractivity contribution in [3.63, 3.8) is 0 Å². The number of ether oxygens (including phenoxy) is 2. The molecule has 0 saturated carbocycles. The molecule has 0 amide bonds. The summed E-state index contributed by atoms with van der Waals surface area (Å²) in [5, 5.41) is 0. The zero-order chi connectivity index (χ0) is 13.0. The van der Waals surface area contributed by atoms with Crippen LogP contribution in [0.5, 0.6) is 0 Å². The van der Waals surface area contributed by atoms with E-state index in [1.165, 1.54) is 0 Å². The average molecular weight is 381 g/mol. The van der Waals surface area contributed by atoms with Crippen LogP contribution in [0.4, 0.5) is 0 Å². The van der Waals surface area contributed by atoms with Crippen LogP contribution < -0.4 is 24.0 Å². The van der Waals surface area contributed by atoms with Crippen molar-refractivity contribution < 1.29 is 47.1 Å². The van der Waals surface area contributed by atoms with Gasteiger partial charge in [0.15, 0.2) is 5.76 Å². The van der Waals surface area contributed by atoms with Crippen LogP contribution in [0, 0.1) is 0 Å². The van der Waals surface area contributed by atoms with Crippen LogP contribution in [-0.2, 0) is 16.0 Å². The molecule has 1 saturated heterocycles. The Morgan fingerprint density at radius 1 is 1.42 bits per heavy atom. The van der Waals surface area contributed by atoms with E-state index in [0.717, 1.165) is 30.8 Å². The lowest BCUT2D eigenvalue weighted by atomic mass is 10.2.